The summed E-state index contributed by atoms with van der Waals surface area (Å²) in [5.74, 6) is -0.513. The topological polar surface area (TPSA) is 54.4 Å². The number of rotatable bonds is 15. The van der Waals surface area contributed by atoms with E-state index in [0.29, 0.717) is 6.42 Å². The number of hydrogen-bond donors (Lipinski definition) is 1. The van der Waals surface area contributed by atoms with Crippen molar-refractivity contribution in [3.8, 4) is 0 Å². The quantitative estimate of drug-likeness (QED) is 0.248. The summed E-state index contributed by atoms with van der Waals surface area (Å²) in [4.78, 5) is 21.9. The van der Waals surface area contributed by atoms with Gasteiger partial charge in [0.1, 0.15) is 0 Å². The summed E-state index contributed by atoms with van der Waals surface area (Å²) in [6.45, 7) is 2.19. The van der Waals surface area contributed by atoms with Crippen molar-refractivity contribution in [3.63, 3.8) is 0 Å². The normalized spacial score (nSPS) is 11.5. The number of ketones is 1. The maximum Gasteiger partial charge on any atom is 0.303 e. The SMILES string of the molecule is CCCCC/C=C\C=C\C(=O)CCCCCCCCC(=O)O. The van der Waals surface area contributed by atoms with Gasteiger partial charge >= 0.3 is 5.97 Å². The third-order valence-corrected chi connectivity index (χ3v) is 3.57. The average Bonchev–Trinajstić information content (AvgIpc) is 2.48. The van der Waals surface area contributed by atoms with E-state index in [-0.39, 0.29) is 12.2 Å². The molecule has 0 spiro atoms. The summed E-state index contributed by atoms with van der Waals surface area (Å²) in [5.41, 5.74) is 0. The van der Waals surface area contributed by atoms with E-state index in [4.69, 9.17) is 5.11 Å². The van der Waals surface area contributed by atoms with Gasteiger partial charge in [0.05, 0.1) is 0 Å². The lowest BCUT2D eigenvalue weighted by Gasteiger charge is -1.99. The number of hydrogen-bond acceptors (Lipinski definition) is 2. The van der Waals surface area contributed by atoms with Crippen molar-refractivity contribution in [1.29, 1.82) is 0 Å². The average molecular weight is 308 g/mol. The Hall–Kier alpha value is -1.38. The molecule has 0 bridgehead atoms. The van der Waals surface area contributed by atoms with Gasteiger partial charge in [-0.25, -0.2) is 0 Å². The minimum Gasteiger partial charge on any atom is -0.481 e. The Morgan fingerprint density at radius 3 is 2.09 bits per heavy atom. The maximum atomic E-state index is 11.6. The second-order valence-electron chi connectivity index (χ2n) is 5.76. The summed E-state index contributed by atoms with van der Waals surface area (Å²) in [6.07, 6.45) is 19.2. The van der Waals surface area contributed by atoms with E-state index in [1.807, 2.05) is 12.2 Å². The molecular weight excluding hydrogens is 276 g/mol. The lowest BCUT2D eigenvalue weighted by atomic mass is 10.1. The van der Waals surface area contributed by atoms with E-state index >= 15 is 0 Å². The molecule has 0 fully saturated rings. The third kappa shape index (κ3) is 16.7. The Kier molecular flexibility index (Phi) is 15.0. The van der Waals surface area contributed by atoms with E-state index in [1.54, 1.807) is 6.08 Å². The molecule has 1 N–H and O–H groups in total. The minimum atomic E-state index is -0.711. The van der Waals surface area contributed by atoms with Crippen LogP contribution in [0.3, 0.4) is 0 Å². The van der Waals surface area contributed by atoms with Crippen molar-refractivity contribution >= 4 is 11.8 Å². The fourth-order valence-electron chi connectivity index (χ4n) is 2.22. The van der Waals surface area contributed by atoms with Gasteiger partial charge in [0.2, 0.25) is 0 Å². The molecular formula is C19H32O3. The van der Waals surface area contributed by atoms with Gasteiger partial charge in [-0.15, -0.1) is 0 Å². The molecule has 0 saturated carbocycles. The number of aliphatic carboxylic acids is 1. The van der Waals surface area contributed by atoms with Crippen LogP contribution in [0, 0.1) is 0 Å². The van der Waals surface area contributed by atoms with Crippen molar-refractivity contribution in [2.75, 3.05) is 0 Å². The fraction of sp³-hybridized carbons (Fsp3) is 0.684. The van der Waals surface area contributed by atoms with Crippen molar-refractivity contribution in [2.45, 2.75) is 84.0 Å². The van der Waals surface area contributed by atoms with Crippen LogP contribution in [0.1, 0.15) is 84.0 Å². The predicted octanol–water partition coefficient (Wildman–Crippen LogP) is 5.45. The molecule has 0 saturated heterocycles. The van der Waals surface area contributed by atoms with Gasteiger partial charge in [-0.3, -0.25) is 9.59 Å². The van der Waals surface area contributed by atoms with Crippen LogP contribution < -0.4 is 0 Å². The Labute approximate surface area is 135 Å². The van der Waals surface area contributed by atoms with E-state index in [2.05, 4.69) is 13.0 Å². The number of allylic oxidation sites excluding steroid dienone is 4. The summed E-state index contributed by atoms with van der Waals surface area (Å²) in [5, 5.41) is 8.51. The van der Waals surface area contributed by atoms with Crippen LogP contribution in [0.15, 0.2) is 24.3 Å². The number of carboxylic acids is 1. The molecule has 3 nitrogen and oxygen atoms in total. The van der Waals surface area contributed by atoms with Gasteiger partial charge < -0.3 is 5.11 Å². The largest absolute Gasteiger partial charge is 0.481 e. The van der Waals surface area contributed by atoms with Crippen LogP contribution in [0.4, 0.5) is 0 Å². The molecule has 0 amide bonds. The molecule has 3 heteroatoms. The van der Waals surface area contributed by atoms with Gasteiger partial charge in [-0.2, -0.15) is 0 Å². The highest BCUT2D eigenvalue weighted by Gasteiger charge is 1.98. The summed E-state index contributed by atoms with van der Waals surface area (Å²) < 4.78 is 0. The Morgan fingerprint density at radius 2 is 1.45 bits per heavy atom. The number of unbranched alkanes of at least 4 members (excludes halogenated alkanes) is 8. The van der Waals surface area contributed by atoms with Crippen LogP contribution in [0.2, 0.25) is 0 Å². The first kappa shape index (κ1) is 20.6. The van der Waals surface area contributed by atoms with Crippen LogP contribution in [0.25, 0.3) is 0 Å². The van der Waals surface area contributed by atoms with Gasteiger partial charge in [0.25, 0.3) is 0 Å². The van der Waals surface area contributed by atoms with Gasteiger partial charge in [0.15, 0.2) is 5.78 Å². The van der Waals surface area contributed by atoms with E-state index in [0.717, 1.165) is 44.9 Å². The minimum absolute atomic E-state index is 0.198. The lowest BCUT2D eigenvalue weighted by molar-refractivity contribution is -0.137. The fourth-order valence-corrected chi connectivity index (χ4v) is 2.22. The monoisotopic (exact) mass is 308 g/mol. The first-order valence-corrected chi connectivity index (χ1v) is 8.74. The Balaban J connectivity index is 3.40. The zero-order chi connectivity index (χ0) is 16.5. The molecule has 0 aromatic rings. The summed E-state index contributed by atoms with van der Waals surface area (Å²) in [7, 11) is 0. The smallest absolute Gasteiger partial charge is 0.303 e. The van der Waals surface area contributed by atoms with E-state index < -0.39 is 5.97 Å². The first-order valence-electron chi connectivity index (χ1n) is 8.74. The highest BCUT2D eigenvalue weighted by atomic mass is 16.4. The molecule has 0 aliphatic rings. The number of carbonyl (C=O) groups is 2. The third-order valence-electron chi connectivity index (χ3n) is 3.57. The first-order chi connectivity index (χ1) is 10.7. The molecule has 0 unspecified atom stereocenters. The second-order valence-corrected chi connectivity index (χ2v) is 5.76. The lowest BCUT2D eigenvalue weighted by Crippen LogP contribution is -1.94. The molecule has 0 atom stereocenters. The van der Waals surface area contributed by atoms with Crippen molar-refractivity contribution in [1.82, 2.24) is 0 Å². The molecule has 0 aliphatic heterocycles. The van der Waals surface area contributed by atoms with Crippen LogP contribution in [0.5, 0.6) is 0 Å². The maximum absolute atomic E-state index is 11.6. The summed E-state index contributed by atoms with van der Waals surface area (Å²) in [6, 6.07) is 0. The molecule has 0 heterocycles. The van der Waals surface area contributed by atoms with E-state index in [1.165, 1.54) is 19.3 Å². The van der Waals surface area contributed by atoms with Gasteiger partial charge in [-0.05, 0) is 31.8 Å². The van der Waals surface area contributed by atoms with E-state index in [9.17, 15) is 9.59 Å². The van der Waals surface area contributed by atoms with Gasteiger partial charge in [-0.1, -0.05) is 63.7 Å². The van der Waals surface area contributed by atoms with Crippen molar-refractivity contribution in [3.05, 3.63) is 24.3 Å². The highest BCUT2D eigenvalue weighted by Crippen LogP contribution is 2.09. The number of carboxylic acid groups (broad SMARTS) is 1. The standard InChI is InChI=1S/C19H32O3/c1-2-3-4-5-6-9-12-15-18(20)16-13-10-7-8-11-14-17-19(21)22/h6,9,12,15H,2-5,7-8,10-11,13-14,16-17H2,1H3,(H,21,22)/b9-6-,15-12+. The zero-order valence-corrected chi connectivity index (χ0v) is 14.1. The molecule has 22 heavy (non-hydrogen) atoms. The Morgan fingerprint density at radius 1 is 0.818 bits per heavy atom. The molecule has 0 aromatic heterocycles. The summed E-state index contributed by atoms with van der Waals surface area (Å²) >= 11 is 0. The van der Waals surface area contributed by atoms with Crippen molar-refractivity contribution < 1.29 is 14.7 Å². The Bertz CT molecular complexity index is 343. The second kappa shape index (κ2) is 16.0. The molecule has 0 aromatic carbocycles. The number of carbonyl (C=O) groups excluding carboxylic acids is 1. The molecule has 126 valence electrons. The molecule has 0 radical (unpaired) electrons. The van der Waals surface area contributed by atoms with Crippen LogP contribution in [-0.2, 0) is 9.59 Å². The van der Waals surface area contributed by atoms with Crippen LogP contribution in [-0.4, -0.2) is 16.9 Å². The highest BCUT2D eigenvalue weighted by molar-refractivity contribution is 5.89. The van der Waals surface area contributed by atoms with Crippen LogP contribution >= 0.6 is 0 Å². The van der Waals surface area contributed by atoms with Crippen molar-refractivity contribution in [2.24, 2.45) is 0 Å². The zero-order valence-electron chi connectivity index (χ0n) is 14.1. The molecule has 0 rings (SSSR count). The molecule has 0 aliphatic carbocycles. The predicted molar refractivity (Wildman–Crippen MR) is 92.0 cm³/mol. The van der Waals surface area contributed by atoms with Gasteiger partial charge in [0, 0.05) is 12.8 Å².